The maximum absolute atomic E-state index is 13.0. The molecule has 0 aliphatic heterocycles. The van der Waals surface area contributed by atoms with Gasteiger partial charge in [0.05, 0.1) is 0 Å². The molecule has 1 atom stereocenters. The molecule has 0 unspecified atom stereocenters. The fraction of sp³-hybridized carbons (Fsp3) is 0.429. The molecule has 0 amide bonds. The standard InChI is InChI=1S/C14H16F3NO2/c1-9(2)8-11(13(19)20)18-12(14(15,16)17)10-6-4-3-5-7-10/h3-7,9,11H,8H2,1-2H3,(H,19,20)/t11-/m0/s1. The van der Waals surface area contributed by atoms with Gasteiger partial charge in [-0.25, -0.2) is 4.79 Å². The van der Waals surface area contributed by atoms with Crippen LogP contribution in [0.5, 0.6) is 0 Å². The Bertz CT molecular complexity index is 481. The van der Waals surface area contributed by atoms with E-state index in [2.05, 4.69) is 4.99 Å². The van der Waals surface area contributed by atoms with Gasteiger partial charge in [-0.15, -0.1) is 0 Å². The minimum Gasteiger partial charge on any atom is -0.480 e. The van der Waals surface area contributed by atoms with Gasteiger partial charge in [-0.2, -0.15) is 13.2 Å². The normalized spacial score (nSPS) is 14.4. The molecule has 0 saturated heterocycles. The summed E-state index contributed by atoms with van der Waals surface area (Å²) in [7, 11) is 0. The van der Waals surface area contributed by atoms with Crippen molar-refractivity contribution in [3.05, 3.63) is 35.9 Å². The third-order valence-electron chi connectivity index (χ3n) is 2.58. The Morgan fingerprint density at radius 3 is 2.20 bits per heavy atom. The fourth-order valence-electron chi connectivity index (χ4n) is 1.72. The summed E-state index contributed by atoms with van der Waals surface area (Å²) in [6, 6.07) is 5.62. The highest BCUT2D eigenvalue weighted by Crippen LogP contribution is 2.24. The van der Waals surface area contributed by atoms with Crippen LogP contribution in [0.15, 0.2) is 35.3 Å². The highest BCUT2D eigenvalue weighted by molar-refractivity contribution is 6.05. The number of halogens is 3. The number of hydrogen-bond donors (Lipinski definition) is 1. The summed E-state index contributed by atoms with van der Waals surface area (Å²) in [6.45, 7) is 3.47. The van der Waals surface area contributed by atoms with E-state index in [1.54, 1.807) is 19.9 Å². The van der Waals surface area contributed by atoms with Gasteiger partial charge in [-0.3, -0.25) is 4.99 Å². The molecule has 0 bridgehead atoms. The summed E-state index contributed by atoms with van der Waals surface area (Å²) in [5, 5.41) is 9.01. The molecule has 1 rings (SSSR count). The molecule has 0 aromatic heterocycles. The van der Waals surface area contributed by atoms with Crippen LogP contribution in [0.4, 0.5) is 13.2 Å². The van der Waals surface area contributed by atoms with E-state index in [-0.39, 0.29) is 17.9 Å². The molecule has 110 valence electrons. The third-order valence-corrected chi connectivity index (χ3v) is 2.58. The summed E-state index contributed by atoms with van der Waals surface area (Å²) in [5.74, 6) is -1.42. The van der Waals surface area contributed by atoms with Gasteiger partial charge in [0.15, 0.2) is 0 Å². The van der Waals surface area contributed by atoms with Crippen molar-refractivity contribution in [2.45, 2.75) is 32.5 Å². The van der Waals surface area contributed by atoms with Gasteiger partial charge in [-0.1, -0.05) is 44.2 Å². The highest BCUT2D eigenvalue weighted by Gasteiger charge is 2.38. The maximum atomic E-state index is 13.0. The second-order valence-corrected chi connectivity index (χ2v) is 4.83. The lowest BCUT2D eigenvalue weighted by Crippen LogP contribution is -2.29. The average molecular weight is 287 g/mol. The van der Waals surface area contributed by atoms with E-state index in [4.69, 9.17) is 5.11 Å². The number of aliphatic carboxylic acids is 1. The molecule has 0 heterocycles. The van der Waals surface area contributed by atoms with E-state index >= 15 is 0 Å². The highest BCUT2D eigenvalue weighted by atomic mass is 19.4. The van der Waals surface area contributed by atoms with Crippen molar-refractivity contribution in [3.63, 3.8) is 0 Å². The summed E-state index contributed by atoms with van der Waals surface area (Å²) < 4.78 is 39.1. The van der Waals surface area contributed by atoms with E-state index in [1.165, 1.54) is 24.3 Å². The Labute approximate surface area is 115 Å². The first kappa shape index (κ1) is 16.2. The Balaban J connectivity index is 3.22. The minimum atomic E-state index is -4.69. The van der Waals surface area contributed by atoms with E-state index in [1.807, 2.05) is 0 Å². The molecular weight excluding hydrogens is 271 g/mol. The molecule has 0 aliphatic carbocycles. The Hall–Kier alpha value is -1.85. The Morgan fingerprint density at radius 1 is 1.25 bits per heavy atom. The van der Waals surface area contributed by atoms with Gasteiger partial charge in [0.2, 0.25) is 0 Å². The topological polar surface area (TPSA) is 49.7 Å². The second-order valence-electron chi connectivity index (χ2n) is 4.83. The van der Waals surface area contributed by atoms with Crippen LogP contribution in [0.2, 0.25) is 0 Å². The molecule has 1 aromatic carbocycles. The minimum absolute atomic E-state index is 0.0573. The number of carboxylic acid groups (broad SMARTS) is 1. The number of rotatable bonds is 5. The number of carboxylic acids is 1. The third kappa shape index (κ3) is 4.68. The molecule has 0 fully saturated rings. The van der Waals surface area contributed by atoms with Crippen LogP contribution in [-0.2, 0) is 4.79 Å². The zero-order valence-corrected chi connectivity index (χ0v) is 11.2. The molecule has 0 spiro atoms. The summed E-state index contributed by atoms with van der Waals surface area (Å²) in [5.41, 5.74) is -1.28. The quantitative estimate of drug-likeness (QED) is 0.842. The number of hydrogen-bond acceptors (Lipinski definition) is 2. The monoisotopic (exact) mass is 287 g/mol. The second kappa shape index (κ2) is 6.54. The van der Waals surface area contributed by atoms with Crippen molar-refractivity contribution in [2.24, 2.45) is 10.9 Å². The molecular formula is C14H16F3NO2. The van der Waals surface area contributed by atoms with Gasteiger partial charge >= 0.3 is 12.1 Å². The first-order valence-electron chi connectivity index (χ1n) is 6.15. The van der Waals surface area contributed by atoms with Gasteiger partial charge in [0.25, 0.3) is 0 Å². The Morgan fingerprint density at radius 2 is 1.80 bits per heavy atom. The first-order valence-corrected chi connectivity index (χ1v) is 6.15. The molecule has 20 heavy (non-hydrogen) atoms. The predicted molar refractivity (Wildman–Crippen MR) is 69.9 cm³/mol. The number of nitrogens with zero attached hydrogens (tertiary/aromatic N) is 1. The molecule has 1 N–H and O–H groups in total. The lowest BCUT2D eigenvalue weighted by atomic mass is 10.0. The summed E-state index contributed by atoms with van der Waals surface area (Å²) in [4.78, 5) is 14.5. The summed E-state index contributed by atoms with van der Waals surface area (Å²) in [6.07, 6.45) is -4.63. The van der Waals surface area contributed by atoms with Crippen molar-refractivity contribution in [1.29, 1.82) is 0 Å². The van der Waals surface area contributed by atoms with Crippen LogP contribution >= 0.6 is 0 Å². The first-order chi connectivity index (χ1) is 9.21. The van der Waals surface area contributed by atoms with E-state index in [9.17, 15) is 18.0 Å². The van der Waals surface area contributed by atoms with E-state index < -0.39 is 23.9 Å². The number of benzene rings is 1. The summed E-state index contributed by atoms with van der Waals surface area (Å²) >= 11 is 0. The van der Waals surface area contributed by atoms with Crippen LogP contribution in [-0.4, -0.2) is 29.0 Å². The Kier molecular flexibility index (Phi) is 5.30. The van der Waals surface area contributed by atoms with Crippen LogP contribution in [0.3, 0.4) is 0 Å². The van der Waals surface area contributed by atoms with Crippen LogP contribution in [0.25, 0.3) is 0 Å². The van der Waals surface area contributed by atoms with Gasteiger partial charge < -0.3 is 5.11 Å². The molecule has 6 heteroatoms. The zero-order chi connectivity index (χ0) is 15.3. The van der Waals surface area contributed by atoms with Crippen molar-refractivity contribution in [1.82, 2.24) is 0 Å². The smallest absolute Gasteiger partial charge is 0.433 e. The molecule has 0 saturated carbocycles. The van der Waals surface area contributed by atoms with Crippen molar-refractivity contribution in [3.8, 4) is 0 Å². The van der Waals surface area contributed by atoms with Crippen molar-refractivity contribution in [2.75, 3.05) is 0 Å². The SMILES string of the molecule is CC(C)C[C@H](N=C(c1ccccc1)C(F)(F)F)C(=O)O. The largest absolute Gasteiger partial charge is 0.480 e. The molecule has 3 nitrogen and oxygen atoms in total. The van der Waals surface area contributed by atoms with Crippen LogP contribution in [0.1, 0.15) is 25.8 Å². The van der Waals surface area contributed by atoms with Gasteiger partial charge in [0, 0.05) is 5.56 Å². The van der Waals surface area contributed by atoms with Crippen molar-refractivity contribution >= 4 is 11.7 Å². The lowest BCUT2D eigenvalue weighted by Gasteiger charge is -2.15. The van der Waals surface area contributed by atoms with Gasteiger partial charge in [-0.05, 0) is 12.3 Å². The number of carbonyl (C=O) groups is 1. The van der Waals surface area contributed by atoms with E-state index in [0.29, 0.717) is 0 Å². The maximum Gasteiger partial charge on any atom is 0.433 e. The molecule has 1 aromatic rings. The molecule has 0 aliphatic rings. The van der Waals surface area contributed by atoms with Crippen LogP contribution < -0.4 is 0 Å². The predicted octanol–water partition coefficient (Wildman–Crippen LogP) is 3.54. The van der Waals surface area contributed by atoms with E-state index in [0.717, 1.165) is 0 Å². The van der Waals surface area contributed by atoms with Crippen LogP contribution in [0, 0.1) is 5.92 Å². The number of aliphatic imine (C=N–C) groups is 1. The van der Waals surface area contributed by atoms with Gasteiger partial charge in [0.1, 0.15) is 11.8 Å². The fourth-order valence-corrected chi connectivity index (χ4v) is 1.72. The lowest BCUT2D eigenvalue weighted by molar-refractivity contribution is -0.138. The number of alkyl halides is 3. The average Bonchev–Trinajstić information content (AvgIpc) is 2.33. The molecule has 0 radical (unpaired) electrons. The zero-order valence-electron chi connectivity index (χ0n) is 11.2. The van der Waals surface area contributed by atoms with Crippen molar-refractivity contribution < 1.29 is 23.1 Å².